The fourth-order valence-electron chi connectivity index (χ4n) is 1.48. The summed E-state index contributed by atoms with van der Waals surface area (Å²) in [6.07, 6.45) is 4.09. The summed E-state index contributed by atoms with van der Waals surface area (Å²) < 4.78 is 6.80. The fraction of sp³-hybridized carbons (Fsp3) is 0.556. The summed E-state index contributed by atoms with van der Waals surface area (Å²) in [5.74, 6) is 1.86. The van der Waals surface area contributed by atoms with Crippen molar-refractivity contribution in [1.82, 2.24) is 25.1 Å². The third kappa shape index (κ3) is 1.81. The topological polar surface area (TPSA) is 95.7 Å². The van der Waals surface area contributed by atoms with Crippen LogP contribution < -0.4 is 5.73 Å². The predicted molar refractivity (Wildman–Crippen MR) is 53.3 cm³/mol. The summed E-state index contributed by atoms with van der Waals surface area (Å²) in [4.78, 5) is 4.30. The first-order valence-corrected chi connectivity index (χ1v) is 5.26. The highest BCUT2D eigenvalue weighted by molar-refractivity contribution is 5.02. The number of rotatable bonds is 4. The maximum Gasteiger partial charge on any atom is 0.229 e. The molecule has 1 aliphatic carbocycles. The second-order valence-electron chi connectivity index (χ2n) is 3.93. The van der Waals surface area contributed by atoms with Crippen molar-refractivity contribution < 1.29 is 4.52 Å². The lowest BCUT2D eigenvalue weighted by atomic mass is 10.4. The van der Waals surface area contributed by atoms with Crippen LogP contribution in [-0.4, -0.2) is 25.1 Å². The van der Waals surface area contributed by atoms with E-state index >= 15 is 0 Å². The van der Waals surface area contributed by atoms with Gasteiger partial charge in [-0.3, -0.25) is 0 Å². The van der Waals surface area contributed by atoms with Crippen LogP contribution in [0.25, 0.3) is 0 Å². The monoisotopic (exact) mass is 220 g/mol. The zero-order chi connectivity index (χ0) is 11.0. The molecule has 0 radical (unpaired) electrons. The molecule has 2 aromatic rings. The molecule has 16 heavy (non-hydrogen) atoms. The Bertz CT molecular complexity index is 486. The highest BCUT2D eigenvalue weighted by atomic mass is 16.5. The maximum atomic E-state index is 5.44. The summed E-state index contributed by atoms with van der Waals surface area (Å²) in [5, 5.41) is 11.7. The lowest BCUT2D eigenvalue weighted by Gasteiger charge is -1.91. The SMILES string of the molecule is NCc1cn(Cc2noc(C3CC3)n2)nn1. The molecule has 0 spiro atoms. The van der Waals surface area contributed by atoms with Gasteiger partial charge in [0.2, 0.25) is 5.89 Å². The van der Waals surface area contributed by atoms with Gasteiger partial charge in [-0.1, -0.05) is 10.4 Å². The second kappa shape index (κ2) is 3.67. The van der Waals surface area contributed by atoms with E-state index in [9.17, 15) is 0 Å². The summed E-state index contributed by atoms with van der Waals surface area (Å²) >= 11 is 0. The van der Waals surface area contributed by atoms with E-state index in [2.05, 4.69) is 20.5 Å². The normalized spacial score (nSPS) is 15.6. The Kier molecular flexibility index (Phi) is 2.17. The van der Waals surface area contributed by atoms with Crippen molar-refractivity contribution in [3.8, 4) is 0 Å². The molecular weight excluding hydrogens is 208 g/mol. The lowest BCUT2D eigenvalue weighted by molar-refractivity contribution is 0.372. The zero-order valence-electron chi connectivity index (χ0n) is 8.70. The third-order valence-electron chi connectivity index (χ3n) is 2.51. The Morgan fingerprint density at radius 3 is 3.06 bits per heavy atom. The predicted octanol–water partition coefficient (Wildman–Crippen LogP) is 0.0455. The van der Waals surface area contributed by atoms with E-state index in [-0.39, 0.29) is 0 Å². The Morgan fingerprint density at radius 2 is 2.38 bits per heavy atom. The van der Waals surface area contributed by atoms with Gasteiger partial charge in [-0.15, -0.1) is 5.10 Å². The van der Waals surface area contributed by atoms with Crippen LogP contribution in [0.1, 0.15) is 36.2 Å². The molecule has 0 aromatic carbocycles. The van der Waals surface area contributed by atoms with Gasteiger partial charge >= 0.3 is 0 Å². The van der Waals surface area contributed by atoms with E-state index in [0.29, 0.717) is 24.8 Å². The average molecular weight is 220 g/mol. The molecule has 2 aromatic heterocycles. The van der Waals surface area contributed by atoms with E-state index in [1.54, 1.807) is 10.9 Å². The molecule has 0 atom stereocenters. The second-order valence-corrected chi connectivity index (χ2v) is 3.93. The van der Waals surface area contributed by atoms with Gasteiger partial charge in [0, 0.05) is 12.5 Å². The minimum Gasteiger partial charge on any atom is -0.339 e. The van der Waals surface area contributed by atoms with Gasteiger partial charge in [0.05, 0.1) is 11.9 Å². The van der Waals surface area contributed by atoms with Crippen molar-refractivity contribution in [2.75, 3.05) is 0 Å². The molecule has 0 aliphatic heterocycles. The molecule has 2 heterocycles. The van der Waals surface area contributed by atoms with Gasteiger partial charge in [0.15, 0.2) is 5.82 Å². The van der Waals surface area contributed by atoms with Crippen LogP contribution in [0.2, 0.25) is 0 Å². The van der Waals surface area contributed by atoms with Crippen molar-refractivity contribution >= 4 is 0 Å². The average Bonchev–Trinajstić information content (AvgIpc) is 2.88. The number of nitrogens with two attached hydrogens (primary N) is 1. The van der Waals surface area contributed by atoms with Crippen molar-refractivity contribution in [3.05, 3.63) is 23.6 Å². The highest BCUT2D eigenvalue weighted by Crippen LogP contribution is 2.38. The van der Waals surface area contributed by atoms with Gasteiger partial charge in [-0.05, 0) is 12.8 Å². The van der Waals surface area contributed by atoms with Gasteiger partial charge in [-0.2, -0.15) is 4.98 Å². The van der Waals surface area contributed by atoms with Gasteiger partial charge in [0.1, 0.15) is 6.54 Å². The molecule has 1 aliphatic rings. The number of aromatic nitrogens is 5. The third-order valence-corrected chi connectivity index (χ3v) is 2.51. The maximum absolute atomic E-state index is 5.44. The smallest absolute Gasteiger partial charge is 0.229 e. The van der Waals surface area contributed by atoms with Crippen molar-refractivity contribution in [1.29, 1.82) is 0 Å². The Labute approximate surface area is 91.6 Å². The lowest BCUT2D eigenvalue weighted by Crippen LogP contribution is -2.02. The molecule has 2 N–H and O–H groups in total. The first kappa shape index (κ1) is 9.46. The van der Waals surface area contributed by atoms with Crippen LogP contribution in [0.4, 0.5) is 0 Å². The van der Waals surface area contributed by atoms with Crippen molar-refractivity contribution in [2.24, 2.45) is 5.73 Å². The van der Waals surface area contributed by atoms with Gasteiger partial charge < -0.3 is 10.3 Å². The molecule has 0 saturated heterocycles. The van der Waals surface area contributed by atoms with Crippen LogP contribution >= 0.6 is 0 Å². The molecule has 1 saturated carbocycles. The van der Waals surface area contributed by atoms with Crippen LogP contribution in [0.3, 0.4) is 0 Å². The van der Waals surface area contributed by atoms with Gasteiger partial charge in [-0.25, -0.2) is 4.68 Å². The minimum absolute atomic E-state index is 0.388. The summed E-state index contributed by atoms with van der Waals surface area (Å²) in [6, 6.07) is 0. The van der Waals surface area contributed by atoms with E-state index in [4.69, 9.17) is 10.3 Å². The van der Waals surface area contributed by atoms with Crippen molar-refractivity contribution in [2.45, 2.75) is 31.8 Å². The number of nitrogens with zero attached hydrogens (tertiary/aromatic N) is 5. The molecule has 7 heteroatoms. The fourth-order valence-corrected chi connectivity index (χ4v) is 1.48. The molecular formula is C9H12N6O. The number of hydrogen-bond acceptors (Lipinski definition) is 6. The Hall–Kier alpha value is -1.76. The molecule has 7 nitrogen and oxygen atoms in total. The molecule has 0 unspecified atom stereocenters. The summed E-state index contributed by atoms with van der Waals surface area (Å²) in [5.41, 5.74) is 6.20. The van der Waals surface area contributed by atoms with Crippen LogP contribution in [0.5, 0.6) is 0 Å². The number of hydrogen-bond donors (Lipinski definition) is 1. The first-order chi connectivity index (χ1) is 7.85. The summed E-state index contributed by atoms with van der Waals surface area (Å²) in [6.45, 7) is 0.864. The largest absolute Gasteiger partial charge is 0.339 e. The summed E-state index contributed by atoms with van der Waals surface area (Å²) in [7, 11) is 0. The minimum atomic E-state index is 0.388. The quantitative estimate of drug-likeness (QED) is 0.781. The first-order valence-electron chi connectivity index (χ1n) is 5.26. The Morgan fingerprint density at radius 1 is 1.50 bits per heavy atom. The van der Waals surface area contributed by atoms with E-state index in [1.165, 1.54) is 0 Å². The standard InChI is InChI=1S/C9H12N6O/c10-3-7-4-15(14-12-7)5-8-11-9(16-13-8)6-1-2-6/h4,6H,1-3,5,10H2. The Balaban J connectivity index is 1.72. The highest BCUT2D eigenvalue weighted by Gasteiger charge is 2.29. The van der Waals surface area contributed by atoms with Crippen molar-refractivity contribution in [3.63, 3.8) is 0 Å². The van der Waals surface area contributed by atoms with E-state index < -0.39 is 0 Å². The van der Waals surface area contributed by atoms with Crippen LogP contribution in [0.15, 0.2) is 10.7 Å². The zero-order valence-corrected chi connectivity index (χ0v) is 8.70. The molecule has 1 fully saturated rings. The van der Waals surface area contributed by atoms with Crippen LogP contribution in [-0.2, 0) is 13.1 Å². The molecule has 3 rings (SSSR count). The van der Waals surface area contributed by atoms with Gasteiger partial charge in [0.25, 0.3) is 0 Å². The van der Waals surface area contributed by atoms with Crippen LogP contribution in [0, 0.1) is 0 Å². The molecule has 84 valence electrons. The molecule has 0 bridgehead atoms. The van der Waals surface area contributed by atoms with E-state index in [1.807, 2.05) is 0 Å². The molecule has 0 amide bonds. The van der Waals surface area contributed by atoms with E-state index in [0.717, 1.165) is 24.4 Å².